The molecule has 4 heterocycles. The maximum absolute atomic E-state index is 10.1. The van der Waals surface area contributed by atoms with Crippen molar-refractivity contribution >= 4 is 40.7 Å². The van der Waals surface area contributed by atoms with Crippen molar-refractivity contribution in [2.45, 2.75) is 149 Å². The molecule has 77 heavy (non-hydrogen) atoms. The lowest BCUT2D eigenvalue weighted by Gasteiger charge is -2.48. The zero-order chi connectivity index (χ0) is 53.8. The van der Waals surface area contributed by atoms with Crippen LogP contribution in [0.5, 0.6) is 0 Å². The molecule has 4 aliphatic heterocycles. The molecule has 0 amide bonds. The van der Waals surface area contributed by atoms with E-state index in [9.17, 15) is 5.53 Å². The first kappa shape index (κ1) is 57.0. The highest BCUT2D eigenvalue weighted by atomic mass is 35.6. The van der Waals surface area contributed by atoms with E-state index < -0.39 is 101 Å². The summed E-state index contributed by atoms with van der Waals surface area (Å²) >= 11 is 18.7. The van der Waals surface area contributed by atoms with E-state index in [4.69, 9.17) is 102 Å². The van der Waals surface area contributed by atoms with Gasteiger partial charge >= 0.3 is 0 Å². The minimum absolute atomic E-state index is 0.0364. The lowest BCUT2D eigenvalue weighted by molar-refractivity contribution is -0.363. The van der Waals surface area contributed by atoms with E-state index in [1.165, 1.54) is 0 Å². The minimum atomic E-state index is -2.31. The van der Waals surface area contributed by atoms with Gasteiger partial charge in [-0.15, -0.1) is 0 Å². The summed E-state index contributed by atoms with van der Waals surface area (Å²) in [5.74, 6) is -1.95. The van der Waals surface area contributed by atoms with Gasteiger partial charge in [0.25, 0.3) is 3.79 Å². The van der Waals surface area contributed by atoms with Gasteiger partial charge in [-0.2, -0.15) is 0 Å². The lowest BCUT2D eigenvalue weighted by Crippen LogP contribution is -2.65. The molecule has 0 aromatic heterocycles. The molecule has 14 atom stereocenters. The Morgan fingerprint density at radius 1 is 0.597 bits per heavy atom. The molecule has 0 aliphatic carbocycles. The number of hydrogen-bond acceptors (Lipinski definition) is 15. The summed E-state index contributed by atoms with van der Waals surface area (Å²) < 4.78 is 84.1. The Balaban J connectivity index is 1.01. The standard InChI is InChI=1S/C57H63Cl3N4O13/c1-36-45(73-52-49(69-33-41-27-17-8-18-28-41)46(67-31-39-23-13-6-14-24-39)43(35-70-52)66-30-38-21-11-5-12-22-38)48-51(77-56(2,3)76-48)54(71-36)74-50-47(68-32-40-25-15-7-16-26-40)44(63-64-62)42(34-65-29-37-19-9-4-10-20-37)72-53(50)75-55(61)57(58,59)60/h4-28,36,42-54,61H,29-35H2,1-3H3/t36?,42?,43-,44?,45+,46?,47?,48-,49?,50?,51?,52+,53-,54+/m1/s1. The molecule has 5 aromatic carbocycles. The highest BCUT2D eigenvalue weighted by molar-refractivity contribution is 6.76. The normalized spacial score (nSPS) is 29.9. The number of benzene rings is 5. The highest BCUT2D eigenvalue weighted by Gasteiger charge is 2.60. The van der Waals surface area contributed by atoms with Gasteiger partial charge in [-0.25, -0.2) is 0 Å². The number of rotatable bonds is 22. The number of ether oxygens (including phenoxy) is 13. The van der Waals surface area contributed by atoms with Crippen molar-refractivity contribution in [2.75, 3.05) is 13.2 Å². The zero-order valence-corrected chi connectivity index (χ0v) is 45.0. The van der Waals surface area contributed by atoms with E-state index in [1.807, 2.05) is 159 Å². The largest absolute Gasteiger partial charge is 0.445 e. The second-order valence-corrected chi connectivity index (χ2v) is 21.8. The van der Waals surface area contributed by atoms with Crippen molar-refractivity contribution in [2.24, 2.45) is 5.11 Å². The molecule has 17 nitrogen and oxygen atoms in total. The summed E-state index contributed by atoms with van der Waals surface area (Å²) in [5, 5.41) is 12.9. The predicted octanol–water partition coefficient (Wildman–Crippen LogP) is 10.7. The van der Waals surface area contributed by atoms with Crippen LogP contribution >= 0.6 is 34.8 Å². The van der Waals surface area contributed by atoms with Crippen LogP contribution in [-0.2, 0) is 94.6 Å². The highest BCUT2D eigenvalue weighted by Crippen LogP contribution is 2.43. The minimum Gasteiger partial charge on any atom is -0.445 e. The predicted molar refractivity (Wildman–Crippen MR) is 285 cm³/mol. The smallest absolute Gasteiger partial charge is 0.265 e. The Morgan fingerprint density at radius 3 is 1.58 bits per heavy atom. The third-order valence-corrected chi connectivity index (χ3v) is 13.9. The molecule has 0 spiro atoms. The molecule has 410 valence electrons. The Labute approximate surface area is 463 Å². The van der Waals surface area contributed by atoms with Gasteiger partial charge in [0.15, 0.2) is 18.4 Å². The van der Waals surface area contributed by atoms with Crippen LogP contribution in [0, 0.1) is 5.41 Å². The van der Waals surface area contributed by atoms with Crippen LogP contribution in [0.25, 0.3) is 10.4 Å². The fraction of sp³-hybridized carbons (Fsp3) is 0.456. The summed E-state index contributed by atoms with van der Waals surface area (Å²) in [4.78, 5) is 3.21. The maximum atomic E-state index is 10.1. The number of azide groups is 1. The zero-order valence-electron chi connectivity index (χ0n) is 42.7. The summed E-state index contributed by atoms with van der Waals surface area (Å²) in [7, 11) is 0. The van der Waals surface area contributed by atoms with Gasteiger partial charge in [0.05, 0.1) is 64.5 Å². The van der Waals surface area contributed by atoms with Gasteiger partial charge in [0, 0.05) is 4.91 Å². The van der Waals surface area contributed by atoms with Crippen LogP contribution < -0.4 is 0 Å². The van der Waals surface area contributed by atoms with Crippen molar-refractivity contribution in [3.63, 3.8) is 0 Å². The van der Waals surface area contributed by atoms with E-state index in [1.54, 1.807) is 13.8 Å². The van der Waals surface area contributed by atoms with Crippen LogP contribution in [0.3, 0.4) is 0 Å². The second-order valence-electron chi connectivity index (χ2n) is 19.5. The SMILES string of the molecule is CC1O[C@@H](OC2C(OCc3ccccc3)C(N=[N+]=[N-])C(COCc3ccccc3)O[C@@H]2OC(=N)C(Cl)(Cl)Cl)C2OC(C)(C)O[C@@H]2[C@H]1O[C@@H]1OC[C@@H](OCc2ccccc2)C(OCc2ccccc2)C1OCc1ccccc1. The van der Waals surface area contributed by atoms with E-state index in [-0.39, 0.29) is 39.6 Å². The summed E-state index contributed by atoms with van der Waals surface area (Å²) in [6.45, 7) is 6.41. The maximum Gasteiger partial charge on any atom is 0.265 e. The Hall–Kier alpha value is -4.73. The third-order valence-electron chi connectivity index (χ3n) is 13.4. The van der Waals surface area contributed by atoms with E-state index >= 15 is 0 Å². The average molecular weight is 1120 g/mol. The molecule has 20 heteroatoms. The molecule has 8 unspecified atom stereocenters. The molecule has 4 saturated heterocycles. The van der Waals surface area contributed by atoms with Crippen molar-refractivity contribution in [3.05, 3.63) is 190 Å². The molecule has 9 rings (SSSR count). The van der Waals surface area contributed by atoms with Gasteiger partial charge < -0.3 is 61.6 Å². The van der Waals surface area contributed by atoms with Crippen LogP contribution in [0.2, 0.25) is 0 Å². The van der Waals surface area contributed by atoms with E-state index in [2.05, 4.69) is 10.0 Å². The third kappa shape index (κ3) is 15.3. The molecular weight excluding hydrogens is 1060 g/mol. The van der Waals surface area contributed by atoms with Crippen molar-refractivity contribution in [3.8, 4) is 0 Å². The molecule has 4 fully saturated rings. The number of hydrogen-bond donors (Lipinski definition) is 1. The first-order valence-electron chi connectivity index (χ1n) is 25.5. The second kappa shape index (κ2) is 27.0. The van der Waals surface area contributed by atoms with Crippen LogP contribution in [0.15, 0.2) is 157 Å². The first-order chi connectivity index (χ1) is 37.3. The van der Waals surface area contributed by atoms with Gasteiger partial charge in [-0.1, -0.05) is 192 Å². The molecule has 5 aromatic rings. The molecule has 0 radical (unpaired) electrons. The number of nitrogens with zero attached hydrogens (tertiary/aromatic N) is 3. The molecule has 0 saturated carbocycles. The monoisotopic (exact) mass is 1120 g/mol. The fourth-order valence-electron chi connectivity index (χ4n) is 9.69. The summed E-state index contributed by atoms with van der Waals surface area (Å²) in [6.07, 6.45) is -12.9. The van der Waals surface area contributed by atoms with Crippen LogP contribution in [0.4, 0.5) is 0 Å². The first-order valence-corrected chi connectivity index (χ1v) is 26.6. The number of alkyl halides is 3. The summed E-state index contributed by atoms with van der Waals surface area (Å²) in [6, 6.07) is 47.4. The lowest BCUT2D eigenvalue weighted by atomic mass is 9.95. The number of fused-ring (bicyclic) bond motifs is 1. The number of halogens is 3. The molecule has 0 bridgehead atoms. The van der Waals surface area contributed by atoms with E-state index in [0.717, 1.165) is 27.8 Å². The quantitative estimate of drug-likeness (QED) is 0.0172. The Morgan fingerprint density at radius 2 is 1.06 bits per heavy atom. The van der Waals surface area contributed by atoms with E-state index in [0.29, 0.717) is 6.61 Å². The van der Waals surface area contributed by atoms with Gasteiger partial charge in [0.1, 0.15) is 48.8 Å². The molecular formula is C57H63Cl3N4O13. The Kier molecular flexibility index (Phi) is 19.9. The van der Waals surface area contributed by atoms with Crippen molar-refractivity contribution < 1.29 is 61.6 Å². The van der Waals surface area contributed by atoms with Gasteiger partial charge in [-0.05, 0) is 54.1 Å². The average Bonchev–Trinajstić information content (AvgIpc) is 3.84. The Bertz CT molecular complexity index is 2650. The van der Waals surface area contributed by atoms with Crippen molar-refractivity contribution in [1.82, 2.24) is 0 Å². The van der Waals surface area contributed by atoms with Crippen LogP contribution in [0.1, 0.15) is 48.6 Å². The summed E-state index contributed by atoms with van der Waals surface area (Å²) in [5.41, 5.74) is 14.7. The van der Waals surface area contributed by atoms with Crippen molar-refractivity contribution in [1.29, 1.82) is 5.41 Å². The number of nitrogens with one attached hydrogen (secondary N) is 1. The molecule has 4 aliphatic rings. The van der Waals surface area contributed by atoms with Gasteiger partial charge in [0.2, 0.25) is 12.2 Å². The fourth-order valence-corrected chi connectivity index (χ4v) is 9.82. The topological polar surface area (TPSA) is 193 Å². The van der Waals surface area contributed by atoms with Gasteiger partial charge in [-0.3, -0.25) is 5.41 Å². The van der Waals surface area contributed by atoms with Crippen LogP contribution in [-0.4, -0.2) is 115 Å². The molecule has 1 N–H and O–H groups in total.